The predicted molar refractivity (Wildman–Crippen MR) is 124 cm³/mol. The molecule has 1 amide bonds. The van der Waals surface area contributed by atoms with Crippen LogP contribution in [0.4, 0.5) is 0 Å². The minimum atomic E-state index is -3.75. The van der Waals surface area contributed by atoms with Gasteiger partial charge >= 0.3 is 0 Å². The number of hydrogen-bond acceptors (Lipinski definition) is 5. The highest BCUT2D eigenvalue weighted by molar-refractivity contribution is 7.89. The van der Waals surface area contributed by atoms with E-state index >= 15 is 0 Å². The van der Waals surface area contributed by atoms with Crippen LogP contribution in [0.2, 0.25) is 0 Å². The van der Waals surface area contributed by atoms with Gasteiger partial charge in [0.05, 0.1) is 6.04 Å². The first kappa shape index (κ1) is 20.9. The van der Waals surface area contributed by atoms with Crippen LogP contribution in [0.25, 0.3) is 0 Å². The van der Waals surface area contributed by atoms with E-state index in [2.05, 4.69) is 24.4 Å². The molecule has 4 heterocycles. The smallest absolute Gasteiger partial charge is 0.265 e. The molecule has 1 aromatic carbocycles. The molecule has 0 bridgehead atoms. The van der Waals surface area contributed by atoms with Crippen LogP contribution in [-0.4, -0.2) is 36.6 Å². The zero-order chi connectivity index (χ0) is 21.6. The number of amides is 1. The van der Waals surface area contributed by atoms with Crippen LogP contribution in [0, 0.1) is 0 Å². The van der Waals surface area contributed by atoms with Gasteiger partial charge in [0.1, 0.15) is 9.77 Å². The van der Waals surface area contributed by atoms with Gasteiger partial charge in [-0.3, -0.25) is 4.79 Å². The summed E-state index contributed by atoms with van der Waals surface area (Å²) in [5.41, 5.74) is 3.44. The second kappa shape index (κ2) is 8.16. The van der Waals surface area contributed by atoms with E-state index in [0.717, 1.165) is 18.4 Å². The quantitative estimate of drug-likeness (QED) is 0.553. The fraction of sp³-hybridized carbons (Fsp3) is 0.348. The summed E-state index contributed by atoms with van der Waals surface area (Å²) in [6, 6.07) is 11.7. The Morgan fingerprint density at radius 1 is 1.03 bits per heavy atom. The lowest BCUT2D eigenvalue weighted by molar-refractivity contribution is 0.0658. The van der Waals surface area contributed by atoms with E-state index in [-0.39, 0.29) is 16.8 Å². The van der Waals surface area contributed by atoms with E-state index < -0.39 is 10.0 Å². The molecule has 3 aromatic rings. The summed E-state index contributed by atoms with van der Waals surface area (Å²) in [5.74, 6) is -0.172. The van der Waals surface area contributed by atoms with Crippen molar-refractivity contribution in [1.29, 1.82) is 0 Å². The minimum Gasteiger partial charge on any atom is -0.330 e. The molecule has 5 rings (SSSR count). The van der Waals surface area contributed by atoms with Crippen molar-refractivity contribution in [2.45, 2.75) is 43.7 Å². The predicted octanol–water partition coefficient (Wildman–Crippen LogP) is 4.71. The fourth-order valence-electron chi connectivity index (χ4n) is 4.68. The van der Waals surface area contributed by atoms with Gasteiger partial charge in [0.25, 0.3) is 5.91 Å². The Morgan fingerprint density at radius 3 is 2.61 bits per heavy atom. The summed E-state index contributed by atoms with van der Waals surface area (Å²) in [7, 11) is -3.75. The van der Waals surface area contributed by atoms with Crippen molar-refractivity contribution in [1.82, 2.24) is 9.21 Å². The topological polar surface area (TPSA) is 57.7 Å². The zero-order valence-electron chi connectivity index (χ0n) is 17.3. The SMILES string of the molecule is CCC1c2ccsc2CCN1C(=O)c1sccc1S(=O)(=O)N1CCc2ccccc2C1. The van der Waals surface area contributed by atoms with Crippen molar-refractivity contribution >= 4 is 38.6 Å². The van der Waals surface area contributed by atoms with E-state index in [1.165, 1.54) is 31.6 Å². The number of fused-ring (bicyclic) bond motifs is 2. The molecule has 0 radical (unpaired) electrons. The lowest BCUT2D eigenvalue weighted by atomic mass is 9.97. The monoisotopic (exact) mass is 472 g/mol. The van der Waals surface area contributed by atoms with Crippen LogP contribution in [-0.2, 0) is 29.4 Å². The van der Waals surface area contributed by atoms with Crippen molar-refractivity contribution in [3.8, 4) is 0 Å². The lowest BCUT2D eigenvalue weighted by Gasteiger charge is -2.35. The maximum atomic E-state index is 13.6. The van der Waals surface area contributed by atoms with E-state index in [0.29, 0.717) is 30.9 Å². The first-order chi connectivity index (χ1) is 15.0. The second-order valence-corrected chi connectivity index (χ2v) is 11.8. The van der Waals surface area contributed by atoms with Crippen LogP contribution in [0.15, 0.2) is 52.1 Å². The molecule has 1 atom stereocenters. The van der Waals surface area contributed by atoms with Crippen LogP contribution in [0.3, 0.4) is 0 Å². The molecule has 31 heavy (non-hydrogen) atoms. The summed E-state index contributed by atoms with van der Waals surface area (Å²) < 4.78 is 28.6. The van der Waals surface area contributed by atoms with Gasteiger partial charge in [-0.1, -0.05) is 31.2 Å². The average molecular weight is 473 g/mol. The van der Waals surface area contributed by atoms with Gasteiger partial charge in [-0.2, -0.15) is 4.31 Å². The first-order valence-electron chi connectivity index (χ1n) is 10.5. The van der Waals surface area contributed by atoms with Crippen molar-refractivity contribution < 1.29 is 13.2 Å². The lowest BCUT2D eigenvalue weighted by Crippen LogP contribution is -2.40. The summed E-state index contributed by atoms with van der Waals surface area (Å²) in [4.78, 5) is 17.2. The summed E-state index contributed by atoms with van der Waals surface area (Å²) in [5, 5.41) is 3.80. The maximum Gasteiger partial charge on any atom is 0.265 e. The third-order valence-electron chi connectivity index (χ3n) is 6.28. The Hall–Kier alpha value is -2.00. The first-order valence-corrected chi connectivity index (χ1v) is 13.7. The van der Waals surface area contributed by atoms with E-state index in [1.807, 2.05) is 23.1 Å². The van der Waals surface area contributed by atoms with Crippen LogP contribution in [0.1, 0.15) is 50.6 Å². The van der Waals surface area contributed by atoms with Crippen molar-refractivity contribution in [2.75, 3.05) is 13.1 Å². The number of carbonyl (C=O) groups is 1. The molecule has 5 nitrogen and oxygen atoms in total. The number of thiophene rings is 2. The highest BCUT2D eigenvalue weighted by Gasteiger charge is 2.36. The summed E-state index contributed by atoms with van der Waals surface area (Å²) in [6.07, 6.45) is 2.32. The van der Waals surface area contributed by atoms with Crippen molar-refractivity contribution in [2.24, 2.45) is 0 Å². The Bertz CT molecular complexity index is 1230. The molecular formula is C23H24N2O3S3. The largest absolute Gasteiger partial charge is 0.330 e. The number of sulfonamides is 1. The molecule has 0 fully saturated rings. The molecular weight excluding hydrogens is 448 g/mol. The number of rotatable bonds is 4. The summed E-state index contributed by atoms with van der Waals surface area (Å²) >= 11 is 2.97. The third-order valence-corrected chi connectivity index (χ3v) is 10.2. The van der Waals surface area contributed by atoms with E-state index in [1.54, 1.807) is 22.8 Å². The molecule has 0 N–H and O–H groups in total. The fourth-order valence-corrected chi connectivity index (χ4v) is 8.38. The molecule has 162 valence electrons. The molecule has 0 saturated carbocycles. The Balaban J connectivity index is 1.45. The number of hydrogen-bond donors (Lipinski definition) is 0. The average Bonchev–Trinajstić information content (AvgIpc) is 3.47. The van der Waals surface area contributed by atoms with Gasteiger partial charge in [-0.05, 0) is 58.8 Å². The van der Waals surface area contributed by atoms with E-state index in [9.17, 15) is 13.2 Å². The van der Waals surface area contributed by atoms with Gasteiger partial charge < -0.3 is 4.90 Å². The van der Waals surface area contributed by atoms with Gasteiger partial charge in [-0.25, -0.2) is 8.42 Å². The third kappa shape index (κ3) is 3.55. The van der Waals surface area contributed by atoms with Crippen molar-refractivity contribution in [3.05, 3.63) is 73.6 Å². The number of nitrogens with zero attached hydrogens (tertiary/aromatic N) is 2. The molecule has 2 aliphatic heterocycles. The highest BCUT2D eigenvalue weighted by atomic mass is 32.2. The van der Waals surface area contributed by atoms with Crippen LogP contribution in [0.5, 0.6) is 0 Å². The number of benzene rings is 1. The van der Waals surface area contributed by atoms with Gasteiger partial charge in [0, 0.05) is 24.5 Å². The minimum absolute atomic E-state index is 0.00187. The molecule has 2 aromatic heterocycles. The highest BCUT2D eigenvalue weighted by Crippen LogP contribution is 2.38. The number of carbonyl (C=O) groups excluding carboxylic acids is 1. The molecule has 1 unspecified atom stereocenters. The normalized spacial score (nSPS) is 19.1. The van der Waals surface area contributed by atoms with Gasteiger partial charge in [-0.15, -0.1) is 22.7 Å². The summed E-state index contributed by atoms with van der Waals surface area (Å²) in [6.45, 7) is 3.48. The molecule has 0 aliphatic carbocycles. The van der Waals surface area contributed by atoms with Crippen molar-refractivity contribution in [3.63, 3.8) is 0 Å². The standard InChI is InChI=1S/C23H24N2O3S3/c1-2-19-18-9-13-29-20(18)8-12-25(19)23(26)22-21(10-14-30-22)31(27,28)24-11-7-16-5-3-4-6-17(16)15-24/h3-6,9-10,13-14,19H,2,7-8,11-12,15H2,1H3. The zero-order valence-corrected chi connectivity index (χ0v) is 19.7. The molecule has 0 saturated heterocycles. The second-order valence-electron chi connectivity index (χ2n) is 7.94. The molecule has 2 aliphatic rings. The Kier molecular flexibility index (Phi) is 5.50. The van der Waals surface area contributed by atoms with Crippen LogP contribution >= 0.6 is 22.7 Å². The van der Waals surface area contributed by atoms with Crippen LogP contribution < -0.4 is 0 Å². The Labute approximate surface area is 191 Å². The molecule has 0 spiro atoms. The van der Waals surface area contributed by atoms with Gasteiger partial charge in [0.15, 0.2) is 0 Å². The Morgan fingerprint density at radius 2 is 1.81 bits per heavy atom. The van der Waals surface area contributed by atoms with Gasteiger partial charge in [0.2, 0.25) is 10.0 Å². The van der Waals surface area contributed by atoms with E-state index in [4.69, 9.17) is 0 Å². The molecule has 8 heteroatoms. The maximum absolute atomic E-state index is 13.6.